The number of amides is 1. The molecule has 1 N–H and O–H groups in total. The van der Waals surface area contributed by atoms with Gasteiger partial charge < -0.3 is 14.4 Å². The van der Waals surface area contributed by atoms with Crippen molar-refractivity contribution in [2.24, 2.45) is 0 Å². The van der Waals surface area contributed by atoms with E-state index in [4.69, 9.17) is 4.42 Å². The van der Waals surface area contributed by atoms with E-state index >= 15 is 0 Å². The largest absolute Gasteiger partial charge is 0.478 e. The molecule has 7 heteroatoms. The Labute approximate surface area is 156 Å². The van der Waals surface area contributed by atoms with Crippen LogP contribution in [0.1, 0.15) is 51.1 Å². The monoisotopic (exact) mass is 367 g/mol. The molecule has 0 bridgehead atoms. The number of carbonyl (C=O) groups is 2. The number of carboxylic acid groups (broad SMARTS) is 1. The highest BCUT2D eigenvalue weighted by molar-refractivity contribution is 5.96. The number of aromatic carboxylic acids is 1. The van der Waals surface area contributed by atoms with Crippen molar-refractivity contribution in [2.75, 3.05) is 13.1 Å². The number of aromatic nitrogens is 2. The van der Waals surface area contributed by atoms with E-state index in [1.807, 2.05) is 25.1 Å². The maximum atomic E-state index is 12.8. The van der Waals surface area contributed by atoms with Gasteiger partial charge in [-0.25, -0.2) is 4.79 Å². The zero-order valence-electron chi connectivity index (χ0n) is 15.3. The molecule has 0 aliphatic carbocycles. The number of carbonyl (C=O) groups excluding carboxylic acids is 1. The van der Waals surface area contributed by atoms with Crippen LogP contribution in [0, 0.1) is 13.8 Å². The van der Waals surface area contributed by atoms with E-state index < -0.39 is 5.97 Å². The molecular formula is C20H21N3O4. The molecule has 0 atom stereocenters. The molecule has 4 rings (SSSR count). The number of piperidine rings is 1. The molecule has 1 aliphatic heterocycles. The second-order valence-electron chi connectivity index (χ2n) is 7.02. The Hall–Kier alpha value is -3.09. The molecule has 140 valence electrons. The van der Waals surface area contributed by atoms with E-state index in [0.29, 0.717) is 24.5 Å². The SMILES string of the molecule is Cc1cccc2cc(C(=O)N3CCC(n4ncc(C(=O)O)c4C)CC3)oc12. The summed E-state index contributed by atoms with van der Waals surface area (Å²) < 4.78 is 7.57. The topological polar surface area (TPSA) is 88.6 Å². The maximum Gasteiger partial charge on any atom is 0.339 e. The molecule has 7 nitrogen and oxygen atoms in total. The third-order valence-corrected chi connectivity index (χ3v) is 5.32. The highest BCUT2D eigenvalue weighted by atomic mass is 16.4. The number of furan rings is 1. The van der Waals surface area contributed by atoms with Crippen molar-refractivity contribution in [3.05, 3.63) is 53.0 Å². The number of fused-ring (bicyclic) bond motifs is 1. The quantitative estimate of drug-likeness (QED) is 0.766. The minimum atomic E-state index is -0.966. The highest BCUT2D eigenvalue weighted by Gasteiger charge is 2.28. The lowest BCUT2D eigenvalue weighted by Gasteiger charge is -2.32. The summed E-state index contributed by atoms with van der Waals surface area (Å²) in [6, 6.07) is 7.75. The van der Waals surface area contributed by atoms with Gasteiger partial charge in [-0.1, -0.05) is 18.2 Å². The summed E-state index contributed by atoms with van der Waals surface area (Å²) >= 11 is 0. The average Bonchev–Trinajstić information content (AvgIpc) is 3.26. The van der Waals surface area contributed by atoms with Crippen LogP contribution >= 0.6 is 0 Å². The molecule has 0 unspecified atom stereocenters. The molecule has 27 heavy (non-hydrogen) atoms. The van der Waals surface area contributed by atoms with Gasteiger partial charge in [0.25, 0.3) is 5.91 Å². The Morgan fingerprint density at radius 2 is 1.96 bits per heavy atom. The number of nitrogens with zero attached hydrogens (tertiary/aromatic N) is 3. The number of aryl methyl sites for hydroxylation is 1. The Balaban J connectivity index is 1.48. The summed E-state index contributed by atoms with van der Waals surface area (Å²) in [6.45, 7) is 4.90. The molecule has 0 spiro atoms. The molecule has 1 amide bonds. The minimum Gasteiger partial charge on any atom is -0.478 e. The minimum absolute atomic E-state index is 0.0973. The van der Waals surface area contributed by atoms with Crippen molar-refractivity contribution >= 4 is 22.8 Å². The Kier molecular flexibility index (Phi) is 4.22. The number of benzene rings is 1. The average molecular weight is 367 g/mol. The fraction of sp³-hybridized carbons (Fsp3) is 0.350. The van der Waals surface area contributed by atoms with Crippen molar-refractivity contribution in [1.82, 2.24) is 14.7 Å². The van der Waals surface area contributed by atoms with Crippen LogP contribution in [0.15, 0.2) is 34.9 Å². The van der Waals surface area contributed by atoms with Crippen LogP contribution in [-0.2, 0) is 0 Å². The second kappa shape index (κ2) is 6.57. The smallest absolute Gasteiger partial charge is 0.339 e. The third kappa shape index (κ3) is 2.99. The number of hydrogen-bond acceptors (Lipinski definition) is 4. The molecule has 1 aromatic carbocycles. The summed E-state index contributed by atoms with van der Waals surface area (Å²) in [5, 5.41) is 14.4. The predicted octanol–water partition coefficient (Wildman–Crippen LogP) is 3.42. The van der Waals surface area contributed by atoms with E-state index in [0.717, 1.165) is 29.4 Å². The lowest BCUT2D eigenvalue weighted by molar-refractivity contribution is 0.0659. The Morgan fingerprint density at radius 3 is 2.59 bits per heavy atom. The maximum absolute atomic E-state index is 12.8. The predicted molar refractivity (Wildman–Crippen MR) is 99.0 cm³/mol. The van der Waals surface area contributed by atoms with Crippen molar-refractivity contribution in [3.63, 3.8) is 0 Å². The van der Waals surface area contributed by atoms with E-state index in [1.54, 1.807) is 22.6 Å². The number of carboxylic acids is 1. The molecule has 1 fully saturated rings. The standard InChI is InChI=1S/C20H21N3O4/c1-12-4-3-5-14-10-17(27-18(12)14)19(24)22-8-6-15(7-9-22)23-13(2)16(11-21-23)20(25)26/h3-5,10-11,15H,6-9H2,1-2H3,(H,25,26). The molecule has 0 saturated carbocycles. The van der Waals surface area contributed by atoms with Crippen molar-refractivity contribution in [3.8, 4) is 0 Å². The van der Waals surface area contributed by atoms with Crippen LogP contribution in [0.3, 0.4) is 0 Å². The number of hydrogen-bond donors (Lipinski definition) is 1. The lowest BCUT2D eigenvalue weighted by Crippen LogP contribution is -2.39. The summed E-state index contributed by atoms with van der Waals surface area (Å²) in [5.41, 5.74) is 2.64. The third-order valence-electron chi connectivity index (χ3n) is 5.32. The van der Waals surface area contributed by atoms with Crippen LogP contribution in [0.2, 0.25) is 0 Å². The molecule has 2 aromatic heterocycles. The van der Waals surface area contributed by atoms with Gasteiger partial charge in [-0.2, -0.15) is 5.10 Å². The van der Waals surface area contributed by atoms with Gasteiger partial charge in [0.15, 0.2) is 5.76 Å². The van der Waals surface area contributed by atoms with Crippen LogP contribution in [0.5, 0.6) is 0 Å². The van der Waals surface area contributed by atoms with Gasteiger partial charge in [0.1, 0.15) is 11.1 Å². The summed E-state index contributed by atoms with van der Waals surface area (Å²) in [4.78, 5) is 25.8. The van der Waals surface area contributed by atoms with Gasteiger partial charge in [0.05, 0.1) is 17.9 Å². The molecule has 0 radical (unpaired) electrons. The van der Waals surface area contributed by atoms with E-state index in [2.05, 4.69) is 5.10 Å². The van der Waals surface area contributed by atoms with E-state index in [-0.39, 0.29) is 17.5 Å². The number of likely N-dealkylation sites (tertiary alicyclic amines) is 1. The highest BCUT2D eigenvalue weighted by Crippen LogP contribution is 2.28. The van der Waals surface area contributed by atoms with Gasteiger partial charge in [-0.15, -0.1) is 0 Å². The van der Waals surface area contributed by atoms with Gasteiger partial charge in [0.2, 0.25) is 0 Å². The van der Waals surface area contributed by atoms with E-state index in [1.165, 1.54) is 6.20 Å². The lowest BCUT2D eigenvalue weighted by atomic mass is 10.0. The van der Waals surface area contributed by atoms with Gasteiger partial charge in [-0.05, 0) is 38.3 Å². The summed E-state index contributed by atoms with van der Waals surface area (Å²) in [5.74, 6) is -0.708. The Bertz CT molecular complexity index is 1030. The van der Waals surface area contributed by atoms with E-state index in [9.17, 15) is 14.7 Å². The summed E-state index contributed by atoms with van der Waals surface area (Å²) in [6.07, 6.45) is 2.85. The molecule has 3 heterocycles. The summed E-state index contributed by atoms with van der Waals surface area (Å²) in [7, 11) is 0. The molecule has 3 aromatic rings. The molecular weight excluding hydrogens is 346 g/mol. The van der Waals surface area contributed by atoms with Crippen molar-refractivity contribution < 1.29 is 19.1 Å². The Morgan fingerprint density at radius 1 is 1.22 bits per heavy atom. The first-order chi connectivity index (χ1) is 13.0. The zero-order valence-corrected chi connectivity index (χ0v) is 15.3. The fourth-order valence-corrected chi connectivity index (χ4v) is 3.79. The number of para-hydroxylation sites is 1. The van der Waals surface area contributed by atoms with Crippen LogP contribution in [-0.4, -0.2) is 44.8 Å². The second-order valence-corrected chi connectivity index (χ2v) is 7.02. The normalized spacial score (nSPS) is 15.4. The first-order valence-corrected chi connectivity index (χ1v) is 9.01. The molecule has 1 aliphatic rings. The van der Waals surface area contributed by atoms with Gasteiger partial charge in [0, 0.05) is 18.5 Å². The first kappa shape index (κ1) is 17.3. The fourth-order valence-electron chi connectivity index (χ4n) is 3.79. The van der Waals surface area contributed by atoms with Gasteiger partial charge in [-0.3, -0.25) is 9.48 Å². The first-order valence-electron chi connectivity index (χ1n) is 9.01. The molecule has 1 saturated heterocycles. The van der Waals surface area contributed by atoms with Crippen molar-refractivity contribution in [2.45, 2.75) is 32.7 Å². The number of rotatable bonds is 3. The zero-order chi connectivity index (χ0) is 19.1. The van der Waals surface area contributed by atoms with Crippen LogP contribution in [0.4, 0.5) is 0 Å². The van der Waals surface area contributed by atoms with Crippen LogP contribution in [0.25, 0.3) is 11.0 Å². The van der Waals surface area contributed by atoms with Crippen LogP contribution < -0.4 is 0 Å². The van der Waals surface area contributed by atoms with Gasteiger partial charge >= 0.3 is 5.97 Å². The van der Waals surface area contributed by atoms with Crippen molar-refractivity contribution in [1.29, 1.82) is 0 Å².